The number of imidazole rings is 1. The van der Waals surface area contributed by atoms with Gasteiger partial charge < -0.3 is 19.6 Å². The summed E-state index contributed by atoms with van der Waals surface area (Å²) in [7, 11) is 0. The Morgan fingerprint density at radius 1 is 1.29 bits per heavy atom. The molecule has 0 unspecified atom stereocenters. The molecule has 0 atom stereocenters. The monoisotopic (exact) mass is 333 g/mol. The van der Waals surface area contributed by atoms with Crippen molar-refractivity contribution >= 4 is 11.8 Å². The molecule has 2 aromatic rings. The van der Waals surface area contributed by atoms with Gasteiger partial charge >= 0.3 is 11.8 Å². The maximum atomic E-state index is 11.7. The van der Waals surface area contributed by atoms with E-state index in [-0.39, 0.29) is 31.4 Å². The molecule has 1 aromatic carbocycles. The Morgan fingerprint density at radius 2 is 2.04 bits per heavy atom. The number of para-hydroxylation sites is 1. The van der Waals surface area contributed by atoms with Crippen molar-refractivity contribution in [3.8, 4) is 5.75 Å². The van der Waals surface area contributed by atoms with Crippen LogP contribution in [-0.4, -0.2) is 33.7 Å². The normalized spacial score (nSPS) is 10.4. The van der Waals surface area contributed by atoms with Crippen molar-refractivity contribution < 1.29 is 19.2 Å². The van der Waals surface area contributed by atoms with Crippen LogP contribution in [0.5, 0.6) is 5.75 Å². The highest BCUT2D eigenvalue weighted by molar-refractivity contribution is 5.69. The summed E-state index contributed by atoms with van der Waals surface area (Å²) in [6.07, 6.45) is 1.97. The van der Waals surface area contributed by atoms with Gasteiger partial charge in [-0.25, -0.2) is 9.55 Å². The van der Waals surface area contributed by atoms with Crippen LogP contribution in [0.3, 0.4) is 0 Å². The van der Waals surface area contributed by atoms with E-state index in [1.807, 2.05) is 30.3 Å². The van der Waals surface area contributed by atoms with Gasteiger partial charge in [0.25, 0.3) is 0 Å². The summed E-state index contributed by atoms with van der Waals surface area (Å²) in [6, 6.07) is 9.34. The summed E-state index contributed by atoms with van der Waals surface area (Å²) in [4.78, 5) is 25.9. The first-order chi connectivity index (χ1) is 11.6. The zero-order valence-corrected chi connectivity index (χ0v) is 13.4. The molecule has 128 valence electrons. The van der Waals surface area contributed by atoms with Crippen molar-refractivity contribution in [3.63, 3.8) is 0 Å². The van der Waals surface area contributed by atoms with Crippen LogP contribution in [0.1, 0.15) is 18.7 Å². The SMILES string of the molecule is Cc1ncc([N+](=O)[O-])n1CCOC(=O)CCCOc1ccccc1. The van der Waals surface area contributed by atoms with Gasteiger partial charge in [-0.15, -0.1) is 0 Å². The van der Waals surface area contributed by atoms with Crippen molar-refractivity contribution in [3.05, 3.63) is 52.5 Å². The van der Waals surface area contributed by atoms with Gasteiger partial charge in [0.15, 0.2) is 5.82 Å². The first-order valence-corrected chi connectivity index (χ1v) is 7.58. The molecule has 8 heteroatoms. The van der Waals surface area contributed by atoms with Gasteiger partial charge in [0, 0.05) is 13.3 Å². The number of nitrogens with zero attached hydrogens (tertiary/aromatic N) is 3. The van der Waals surface area contributed by atoms with E-state index >= 15 is 0 Å². The van der Waals surface area contributed by atoms with Gasteiger partial charge in [0.05, 0.1) is 6.61 Å². The van der Waals surface area contributed by atoms with Crippen LogP contribution in [-0.2, 0) is 16.1 Å². The van der Waals surface area contributed by atoms with Crippen LogP contribution >= 0.6 is 0 Å². The minimum absolute atomic E-state index is 0.0659. The smallest absolute Gasteiger partial charge is 0.342 e. The predicted molar refractivity (Wildman–Crippen MR) is 85.7 cm³/mol. The third-order valence-corrected chi connectivity index (χ3v) is 3.34. The highest BCUT2D eigenvalue weighted by Crippen LogP contribution is 2.13. The fourth-order valence-corrected chi connectivity index (χ4v) is 2.12. The van der Waals surface area contributed by atoms with Crippen molar-refractivity contribution in [2.45, 2.75) is 26.3 Å². The summed E-state index contributed by atoms with van der Waals surface area (Å²) in [6.45, 7) is 2.35. The fourth-order valence-electron chi connectivity index (χ4n) is 2.12. The number of aromatic nitrogens is 2. The molecule has 0 saturated carbocycles. The molecule has 0 aliphatic heterocycles. The van der Waals surface area contributed by atoms with Crippen LogP contribution in [0.2, 0.25) is 0 Å². The molecule has 0 aliphatic rings. The van der Waals surface area contributed by atoms with Gasteiger partial charge in [-0.3, -0.25) is 4.79 Å². The highest BCUT2D eigenvalue weighted by atomic mass is 16.6. The fraction of sp³-hybridized carbons (Fsp3) is 0.375. The zero-order valence-electron chi connectivity index (χ0n) is 13.4. The van der Waals surface area contributed by atoms with Gasteiger partial charge in [-0.2, -0.15) is 0 Å². The van der Waals surface area contributed by atoms with E-state index in [1.54, 1.807) is 6.92 Å². The number of benzene rings is 1. The summed E-state index contributed by atoms with van der Waals surface area (Å²) >= 11 is 0. The van der Waals surface area contributed by atoms with Crippen molar-refractivity contribution in [1.82, 2.24) is 9.55 Å². The maximum Gasteiger partial charge on any atom is 0.342 e. The number of hydrogen-bond donors (Lipinski definition) is 0. The number of ether oxygens (including phenoxy) is 2. The lowest BCUT2D eigenvalue weighted by molar-refractivity contribution is -0.392. The van der Waals surface area contributed by atoms with Gasteiger partial charge in [0.2, 0.25) is 0 Å². The number of carbonyl (C=O) groups is 1. The van der Waals surface area contributed by atoms with E-state index in [9.17, 15) is 14.9 Å². The van der Waals surface area contributed by atoms with Gasteiger partial charge in [-0.05, 0) is 23.5 Å². The molecule has 0 radical (unpaired) electrons. The Labute approximate surface area is 139 Å². The van der Waals surface area contributed by atoms with E-state index in [4.69, 9.17) is 9.47 Å². The summed E-state index contributed by atoms with van der Waals surface area (Å²) in [5.74, 6) is 0.801. The van der Waals surface area contributed by atoms with E-state index in [0.717, 1.165) is 5.75 Å². The molecule has 8 nitrogen and oxygen atoms in total. The molecule has 2 rings (SSSR count). The van der Waals surface area contributed by atoms with Gasteiger partial charge in [-0.1, -0.05) is 18.2 Å². The average molecular weight is 333 g/mol. The van der Waals surface area contributed by atoms with Crippen LogP contribution in [0, 0.1) is 17.0 Å². The minimum Gasteiger partial charge on any atom is -0.494 e. The number of aryl methyl sites for hydroxylation is 1. The van der Waals surface area contributed by atoms with Crippen LogP contribution in [0.25, 0.3) is 0 Å². The molecular formula is C16H19N3O5. The van der Waals surface area contributed by atoms with Crippen LogP contribution < -0.4 is 4.74 Å². The van der Waals surface area contributed by atoms with Crippen LogP contribution in [0.4, 0.5) is 5.82 Å². The Bertz CT molecular complexity index is 684. The lowest BCUT2D eigenvalue weighted by Crippen LogP contribution is -2.14. The Kier molecular flexibility index (Phi) is 6.30. The van der Waals surface area contributed by atoms with Crippen LogP contribution in [0.15, 0.2) is 36.5 Å². The van der Waals surface area contributed by atoms with E-state index in [2.05, 4.69) is 4.98 Å². The maximum absolute atomic E-state index is 11.7. The summed E-state index contributed by atoms with van der Waals surface area (Å²) < 4.78 is 12.0. The second kappa shape index (κ2) is 8.66. The Morgan fingerprint density at radius 3 is 2.75 bits per heavy atom. The largest absolute Gasteiger partial charge is 0.494 e. The number of esters is 1. The van der Waals surface area contributed by atoms with Crippen molar-refractivity contribution in [2.75, 3.05) is 13.2 Å². The topological polar surface area (TPSA) is 96.5 Å². The molecule has 24 heavy (non-hydrogen) atoms. The second-order valence-electron chi connectivity index (χ2n) is 5.06. The Balaban J connectivity index is 1.65. The third-order valence-electron chi connectivity index (χ3n) is 3.34. The summed E-state index contributed by atoms with van der Waals surface area (Å²) in [5.41, 5.74) is 0. The van der Waals surface area contributed by atoms with E-state index in [0.29, 0.717) is 18.9 Å². The van der Waals surface area contributed by atoms with Gasteiger partial charge in [0.1, 0.15) is 25.1 Å². The number of nitro groups is 1. The molecule has 0 spiro atoms. The number of rotatable bonds is 9. The molecule has 0 fully saturated rings. The average Bonchev–Trinajstić information content (AvgIpc) is 2.94. The number of hydrogen-bond acceptors (Lipinski definition) is 6. The van der Waals surface area contributed by atoms with Crippen molar-refractivity contribution in [2.24, 2.45) is 0 Å². The molecule has 0 amide bonds. The lowest BCUT2D eigenvalue weighted by atomic mass is 10.3. The summed E-state index contributed by atoms with van der Waals surface area (Å²) in [5, 5.41) is 10.8. The quantitative estimate of drug-likeness (QED) is 0.303. The molecule has 0 bridgehead atoms. The first kappa shape index (κ1) is 17.5. The number of carbonyl (C=O) groups excluding carboxylic acids is 1. The first-order valence-electron chi connectivity index (χ1n) is 7.58. The third kappa shape index (κ3) is 5.08. The molecule has 0 aliphatic carbocycles. The van der Waals surface area contributed by atoms with Crippen molar-refractivity contribution in [1.29, 1.82) is 0 Å². The highest BCUT2D eigenvalue weighted by Gasteiger charge is 2.17. The second-order valence-corrected chi connectivity index (χ2v) is 5.06. The molecule has 0 saturated heterocycles. The Hall–Kier alpha value is -2.90. The minimum atomic E-state index is -0.511. The lowest BCUT2D eigenvalue weighted by Gasteiger charge is -2.07. The van der Waals surface area contributed by atoms with E-state index in [1.165, 1.54) is 10.8 Å². The zero-order chi connectivity index (χ0) is 17.4. The predicted octanol–water partition coefficient (Wildman–Crippen LogP) is 2.50. The molecule has 1 aromatic heterocycles. The van der Waals surface area contributed by atoms with E-state index < -0.39 is 4.92 Å². The standard InChI is InChI=1S/C16H19N3O5/c1-13-17-12-15(19(21)22)18(13)9-11-24-16(20)8-5-10-23-14-6-3-2-4-7-14/h2-4,6-7,12H,5,8-11H2,1H3. The molecule has 1 heterocycles. The molecular weight excluding hydrogens is 314 g/mol. The molecule has 0 N–H and O–H groups in total.